The summed E-state index contributed by atoms with van der Waals surface area (Å²) in [6.45, 7) is 2.42. The number of aromatic nitrogens is 2. The van der Waals surface area contributed by atoms with Crippen LogP contribution in [0.4, 0.5) is 0 Å². The summed E-state index contributed by atoms with van der Waals surface area (Å²) in [6.07, 6.45) is 1.86. The lowest BCUT2D eigenvalue weighted by atomic mass is 10.1. The van der Waals surface area contributed by atoms with Crippen LogP contribution in [0.1, 0.15) is 35.6 Å². The predicted octanol–water partition coefficient (Wildman–Crippen LogP) is 3.70. The van der Waals surface area contributed by atoms with Crippen molar-refractivity contribution in [1.82, 2.24) is 9.78 Å². The van der Waals surface area contributed by atoms with Gasteiger partial charge in [-0.3, -0.25) is 0 Å². The second-order valence-electron chi connectivity index (χ2n) is 5.30. The number of benzene rings is 1. The standard InChI is InChI=1S/C14H14Cl2N2O2S/c1-9-4-2-3-5-11(9)8-18-14(15)13(21(16,19)20)12(17-18)10-6-7-10/h2-5,10H,6-8H2,1H3. The van der Waals surface area contributed by atoms with Crippen molar-refractivity contribution < 1.29 is 8.42 Å². The average molecular weight is 345 g/mol. The first-order valence-electron chi connectivity index (χ1n) is 6.63. The van der Waals surface area contributed by atoms with Crippen molar-refractivity contribution >= 4 is 31.3 Å². The molecule has 0 spiro atoms. The van der Waals surface area contributed by atoms with Crippen molar-refractivity contribution in [2.24, 2.45) is 0 Å². The van der Waals surface area contributed by atoms with E-state index in [1.807, 2.05) is 31.2 Å². The van der Waals surface area contributed by atoms with Crippen LogP contribution in [-0.4, -0.2) is 18.2 Å². The molecule has 0 aliphatic heterocycles. The summed E-state index contributed by atoms with van der Waals surface area (Å²) in [6, 6.07) is 7.85. The van der Waals surface area contributed by atoms with Crippen LogP contribution in [0.15, 0.2) is 29.2 Å². The molecule has 1 aliphatic carbocycles. The smallest absolute Gasteiger partial charge is 0.248 e. The maximum atomic E-state index is 11.8. The third-order valence-corrected chi connectivity index (χ3v) is 5.51. The summed E-state index contributed by atoms with van der Waals surface area (Å²) in [5, 5.41) is 4.49. The molecule has 1 heterocycles. The summed E-state index contributed by atoms with van der Waals surface area (Å²) >= 11 is 6.23. The van der Waals surface area contributed by atoms with Gasteiger partial charge in [-0.25, -0.2) is 13.1 Å². The van der Waals surface area contributed by atoms with E-state index in [0.29, 0.717) is 12.2 Å². The Kier molecular flexibility index (Phi) is 3.76. The number of nitrogens with zero attached hydrogens (tertiary/aromatic N) is 2. The van der Waals surface area contributed by atoms with Gasteiger partial charge in [0.15, 0.2) is 0 Å². The first-order chi connectivity index (χ1) is 9.88. The minimum atomic E-state index is -3.89. The van der Waals surface area contributed by atoms with Gasteiger partial charge in [-0.05, 0) is 30.9 Å². The molecule has 1 fully saturated rings. The Morgan fingerprint density at radius 2 is 2.00 bits per heavy atom. The maximum Gasteiger partial charge on any atom is 0.266 e. The molecule has 4 nitrogen and oxygen atoms in total. The molecule has 7 heteroatoms. The van der Waals surface area contributed by atoms with Crippen LogP contribution in [-0.2, 0) is 15.6 Å². The Bertz CT molecular complexity index is 795. The van der Waals surface area contributed by atoms with Gasteiger partial charge in [0.1, 0.15) is 10.0 Å². The van der Waals surface area contributed by atoms with Crippen LogP contribution in [0, 0.1) is 6.92 Å². The lowest BCUT2D eigenvalue weighted by molar-refractivity contribution is 0.608. The number of hydrogen-bond donors (Lipinski definition) is 0. The third-order valence-electron chi connectivity index (χ3n) is 3.66. The molecule has 1 aromatic carbocycles. The van der Waals surface area contributed by atoms with Gasteiger partial charge >= 0.3 is 0 Å². The zero-order valence-corrected chi connectivity index (χ0v) is 13.7. The molecule has 112 valence electrons. The van der Waals surface area contributed by atoms with E-state index in [4.69, 9.17) is 22.3 Å². The second-order valence-corrected chi connectivity index (χ2v) is 8.16. The molecular formula is C14H14Cl2N2O2S. The van der Waals surface area contributed by atoms with Crippen LogP contribution < -0.4 is 0 Å². The minimum Gasteiger partial charge on any atom is -0.248 e. The summed E-state index contributed by atoms with van der Waals surface area (Å²) in [5.74, 6) is 0.157. The van der Waals surface area contributed by atoms with E-state index in [1.54, 1.807) is 0 Å². The molecule has 0 bridgehead atoms. The van der Waals surface area contributed by atoms with Gasteiger partial charge in [-0.1, -0.05) is 35.9 Å². The highest BCUT2D eigenvalue weighted by molar-refractivity contribution is 8.13. The Hall–Kier alpha value is -1.04. The molecule has 1 aromatic heterocycles. The van der Waals surface area contributed by atoms with Crippen LogP contribution >= 0.6 is 22.3 Å². The van der Waals surface area contributed by atoms with Gasteiger partial charge < -0.3 is 0 Å². The van der Waals surface area contributed by atoms with Crippen LogP contribution in [0.2, 0.25) is 5.15 Å². The fourth-order valence-electron chi connectivity index (χ4n) is 2.35. The van der Waals surface area contributed by atoms with E-state index in [9.17, 15) is 8.42 Å². The molecule has 2 aromatic rings. The Morgan fingerprint density at radius 1 is 1.33 bits per heavy atom. The molecule has 1 aliphatic rings. The molecule has 3 rings (SSSR count). The van der Waals surface area contributed by atoms with E-state index in [-0.39, 0.29) is 16.0 Å². The lowest BCUT2D eigenvalue weighted by Gasteiger charge is -2.06. The van der Waals surface area contributed by atoms with Gasteiger partial charge in [0, 0.05) is 16.6 Å². The van der Waals surface area contributed by atoms with Gasteiger partial charge in [0.05, 0.1) is 12.2 Å². The molecular weight excluding hydrogens is 331 g/mol. The van der Waals surface area contributed by atoms with Crippen molar-refractivity contribution in [2.45, 2.75) is 37.1 Å². The highest BCUT2D eigenvalue weighted by Gasteiger charge is 2.36. The van der Waals surface area contributed by atoms with Crippen molar-refractivity contribution in [3.63, 3.8) is 0 Å². The Labute approximate surface area is 133 Å². The summed E-state index contributed by atoms with van der Waals surface area (Å²) in [4.78, 5) is -0.0260. The third kappa shape index (κ3) is 2.96. The largest absolute Gasteiger partial charge is 0.266 e. The highest BCUT2D eigenvalue weighted by Crippen LogP contribution is 2.45. The fraction of sp³-hybridized carbons (Fsp3) is 0.357. The Balaban J connectivity index is 2.06. The van der Waals surface area contributed by atoms with E-state index in [1.165, 1.54) is 4.68 Å². The molecule has 0 saturated heterocycles. The number of hydrogen-bond acceptors (Lipinski definition) is 3. The average Bonchev–Trinajstić information content (AvgIpc) is 3.17. The molecule has 0 N–H and O–H groups in total. The second kappa shape index (κ2) is 5.30. The SMILES string of the molecule is Cc1ccccc1Cn1nc(C2CC2)c(S(=O)(=O)Cl)c1Cl. The van der Waals surface area contributed by atoms with E-state index < -0.39 is 9.05 Å². The van der Waals surface area contributed by atoms with Crippen molar-refractivity contribution in [3.05, 3.63) is 46.2 Å². The molecule has 21 heavy (non-hydrogen) atoms. The highest BCUT2D eigenvalue weighted by atomic mass is 35.7. The van der Waals surface area contributed by atoms with Gasteiger partial charge in [0.2, 0.25) is 0 Å². The minimum absolute atomic E-state index is 0.0260. The fourth-order valence-corrected chi connectivity index (χ4v) is 4.18. The quantitative estimate of drug-likeness (QED) is 0.794. The number of rotatable bonds is 4. The summed E-state index contributed by atoms with van der Waals surface area (Å²) in [7, 11) is 1.63. The molecule has 1 saturated carbocycles. The number of halogens is 2. The maximum absolute atomic E-state index is 11.8. The first kappa shape index (κ1) is 14.9. The predicted molar refractivity (Wildman–Crippen MR) is 82.5 cm³/mol. The van der Waals surface area contributed by atoms with Crippen LogP contribution in [0.25, 0.3) is 0 Å². The van der Waals surface area contributed by atoms with E-state index in [0.717, 1.165) is 24.0 Å². The lowest BCUT2D eigenvalue weighted by Crippen LogP contribution is -2.04. The van der Waals surface area contributed by atoms with Crippen LogP contribution in [0.5, 0.6) is 0 Å². The molecule has 0 unspecified atom stereocenters. The summed E-state index contributed by atoms with van der Waals surface area (Å²) in [5.41, 5.74) is 2.65. The first-order valence-corrected chi connectivity index (χ1v) is 9.32. The molecule has 0 amide bonds. The Morgan fingerprint density at radius 3 is 2.57 bits per heavy atom. The van der Waals surface area contributed by atoms with E-state index in [2.05, 4.69) is 5.10 Å². The van der Waals surface area contributed by atoms with E-state index >= 15 is 0 Å². The number of aryl methyl sites for hydroxylation is 1. The van der Waals surface area contributed by atoms with Gasteiger partial charge in [-0.15, -0.1) is 0 Å². The van der Waals surface area contributed by atoms with Gasteiger partial charge in [0.25, 0.3) is 9.05 Å². The van der Waals surface area contributed by atoms with Crippen LogP contribution in [0.3, 0.4) is 0 Å². The van der Waals surface area contributed by atoms with Gasteiger partial charge in [-0.2, -0.15) is 5.10 Å². The zero-order valence-electron chi connectivity index (χ0n) is 11.4. The molecule has 0 atom stereocenters. The monoisotopic (exact) mass is 344 g/mol. The van der Waals surface area contributed by atoms with Crippen molar-refractivity contribution in [3.8, 4) is 0 Å². The topological polar surface area (TPSA) is 52.0 Å². The van der Waals surface area contributed by atoms with Crippen molar-refractivity contribution in [2.75, 3.05) is 0 Å². The summed E-state index contributed by atoms with van der Waals surface area (Å²) < 4.78 is 25.1. The normalized spacial score (nSPS) is 15.4. The zero-order chi connectivity index (χ0) is 15.2. The molecule has 0 radical (unpaired) electrons. The van der Waals surface area contributed by atoms with Crippen molar-refractivity contribution in [1.29, 1.82) is 0 Å².